The molecule has 0 aromatic heterocycles. The number of carbonyl (C=O) groups is 5. The number of likely N-dealkylation sites (N-methyl/N-ethyl adjacent to an activating group) is 6. The lowest BCUT2D eigenvalue weighted by molar-refractivity contribution is -0.137. The van der Waals surface area contributed by atoms with Crippen LogP contribution in [0.15, 0.2) is 85.2 Å². The Balaban J connectivity index is 6.59. The number of imide groups is 1. The fraction of sp³-hybridized carbons (Fsp3) is 0.683. The second-order valence-corrected chi connectivity index (χ2v) is 22.7. The number of hydrogen-bond acceptors (Lipinski definition) is 10. The number of carbonyl (C=O) groups excluding carboxylic acids is 5. The van der Waals surface area contributed by atoms with Gasteiger partial charge >= 0.3 is 6.03 Å². The smallest absolute Gasteiger partial charge is 0.323 e. The van der Waals surface area contributed by atoms with Gasteiger partial charge in [0, 0.05) is 83.7 Å². The Morgan fingerprint density at radius 2 is 1.20 bits per heavy atom. The molecule has 0 aromatic carbocycles. The van der Waals surface area contributed by atoms with Crippen LogP contribution in [0.3, 0.4) is 0 Å². The van der Waals surface area contributed by atoms with Crippen LogP contribution in [0.5, 0.6) is 0 Å². The lowest BCUT2D eigenvalue weighted by Gasteiger charge is -2.42. The molecule has 0 bridgehead atoms. The SMILES string of the molecule is C=C/C=C/CC(C)CC(C(=O)NCC(=O)N(C)C(=O)NC)N(C)/C(CN(C)C(=C)C(CC(C)C)N(C)C(=O)C(CC(C)C)N(C)C(=C)[C@@H](C)NC(=C)C(C)NC(=C)CN(C)C(=O)C(CCC(C)C)C(C)C)=C(\C)CC. The monoisotopic (exact) mass is 1050 g/mol. The second kappa shape index (κ2) is 34.2. The number of nitrogens with one attached hydrogen (secondary N) is 4. The molecule has 4 N–H and O–H groups in total. The summed E-state index contributed by atoms with van der Waals surface area (Å²) in [6.07, 6.45) is 10.7. The van der Waals surface area contributed by atoms with E-state index in [0.29, 0.717) is 44.0 Å². The molecule has 0 saturated carbocycles. The number of rotatable bonds is 36. The van der Waals surface area contributed by atoms with E-state index in [2.05, 4.69) is 135 Å². The Morgan fingerprint density at radius 1 is 0.627 bits per heavy atom. The molecule has 15 nitrogen and oxygen atoms in total. The average Bonchev–Trinajstić information content (AvgIpc) is 3.34. The van der Waals surface area contributed by atoms with Crippen molar-refractivity contribution in [3.8, 4) is 0 Å². The Bertz CT molecular complexity index is 1970. The van der Waals surface area contributed by atoms with E-state index in [0.717, 1.165) is 58.9 Å². The maximum absolute atomic E-state index is 15.1. The van der Waals surface area contributed by atoms with E-state index in [9.17, 15) is 19.2 Å². The average molecular weight is 1050 g/mol. The maximum atomic E-state index is 15.1. The number of nitrogens with zero attached hydrogens (tertiary/aromatic N) is 6. The van der Waals surface area contributed by atoms with Crippen molar-refractivity contribution in [2.24, 2.45) is 35.5 Å². The minimum atomic E-state index is -0.650. The highest BCUT2D eigenvalue weighted by Gasteiger charge is 2.36. The van der Waals surface area contributed by atoms with Gasteiger partial charge < -0.3 is 45.8 Å². The van der Waals surface area contributed by atoms with Crippen LogP contribution >= 0.6 is 0 Å². The van der Waals surface area contributed by atoms with Crippen molar-refractivity contribution >= 4 is 29.7 Å². The number of urea groups is 1. The first-order valence-corrected chi connectivity index (χ1v) is 27.5. The van der Waals surface area contributed by atoms with E-state index >= 15 is 4.79 Å². The normalized spacial score (nSPS) is 14.7. The van der Waals surface area contributed by atoms with Crippen LogP contribution < -0.4 is 21.3 Å². The third-order valence-electron chi connectivity index (χ3n) is 14.5. The van der Waals surface area contributed by atoms with E-state index in [4.69, 9.17) is 0 Å². The van der Waals surface area contributed by atoms with Crippen molar-refractivity contribution in [1.82, 2.24) is 50.7 Å². The molecule has 0 spiro atoms. The topological polar surface area (TPSA) is 153 Å². The molecule has 0 fully saturated rings. The van der Waals surface area contributed by atoms with Crippen LogP contribution in [0.2, 0.25) is 0 Å². The summed E-state index contributed by atoms with van der Waals surface area (Å²) in [6, 6.07) is -2.59. The molecule has 75 heavy (non-hydrogen) atoms. The van der Waals surface area contributed by atoms with Crippen LogP contribution in [-0.4, -0.2) is 158 Å². The van der Waals surface area contributed by atoms with Crippen molar-refractivity contribution < 1.29 is 24.0 Å². The third-order valence-corrected chi connectivity index (χ3v) is 14.5. The quantitative estimate of drug-likeness (QED) is 0.0447. The molecular weight excluding hydrogens is 941 g/mol. The Morgan fingerprint density at radius 3 is 1.71 bits per heavy atom. The van der Waals surface area contributed by atoms with Gasteiger partial charge in [-0.2, -0.15) is 0 Å². The van der Waals surface area contributed by atoms with E-state index in [1.165, 1.54) is 14.1 Å². The van der Waals surface area contributed by atoms with Crippen molar-refractivity contribution in [2.45, 2.75) is 165 Å². The zero-order chi connectivity index (χ0) is 58.2. The molecule has 0 aliphatic heterocycles. The van der Waals surface area contributed by atoms with Crippen LogP contribution in [-0.2, 0) is 19.2 Å². The van der Waals surface area contributed by atoms with Gasteiger partial charge in [0.2, 0.25) is 23.6 Å². The summed E-state index contributed by atoms with van der Waals surface area (Å²) in [5.41, 5.74) is 4.96. The predicted octanol–water partition coefficient (Wildman–Crippen LogP) is 9.37. The summed E-state index contributed by atoms with van der Waals surface area (Å²) in [6.45, 7) is 49.4. The minimum Gasteiger partial charge on any atom is -0.379 e. The zero-order valence-corrected chi connectivity index (χ0v) is 50.9. The van der Waals surface area contributed by atoms with Crippen LogP contribution in [0.1, 0.15) is 135 Å². The molecular formula is C60H108N10O5. The zero-order valence-electron chi connectivity index (χ0n) is 50.9. The molecule has 428 valence electrons. The molecule has 0 radical (unpaired) electrons. The molecule has 0 aromatic rings. The summed E-state index contributed by atoms with van der Waals surface area (Å²) in [4.78, 5) is 78.4. The van der Waals surface area contributed by atoms with E-state index in [1.54, 1.807) is 11.0 Å². The molecule has 0 heterocycles. The van der Waals surface area contributed by atoms with E-state index < -0.39 is 24.0 Å². The Hall–Kier alpha value is -5.47. The molecule has 0 rings (SSSR count). The molecule has 0 aliphatic rings. The molecule has 7 atom stereocenters. The first-order chi connectivity index (χ1) is 34.8. The summed E-state index contributed by atoms with van der Waals surface area (Å²) < 4.78 is 0. The summed E-state index contributed by atoms with van der Waals surface area (Å²) in [5.74, 6) is 0.498. The number of hydrogen-bond donors (Lipinski definition) is 4. The highest BCUT2D eigenvalue weighted by molar-refractivity contribution is 5.96. The van der Waals surface area contributed by atoms with Gasteiger partial charge in [-0.3, -0.25) is 24.1 Å². The number of amides is 6. The third kappa shape index (κ3) is 23.5. The van der Waals surface area contributed by atoms with Gasteiger partial charge in [0.05, 0.1) is 37.8 Å². The standard InChI is InChI=1S/C60H108N10O5/c1-26-28-29-30-43(11)35-53(57(72)62-36-56(71)70(25)60(75)61-19)68(23)55(44(12)27-2)38-65(20)50(18)52(33-40(5)6)69(24)59(74)54(34-41(7)8)67(22)49(17)48(16)64-47(15)46(14)63-45(13)37-66(21)58(73)51(42(9)10)32-31-39(3)4/h26,28-29,39-43,46,48,51-54,63-64H,1,13,15,17-18,27,30-38H2,2-12,14,16,19-25H3,(H,61,75)(H,62,72)/b29-28+,55-44+/t43?,46?,48-,51?,52?,53?,54?/m1/s1. The maximum Gasteiger partial charge on any atom is 0.323 e. The Labute approximate surface area is 457 Å². The van der Waals surface area contributed by atoms with Crippen molar-refractivity contribution in [3.63, 3.8) is 0 Å². The van der Waals surface area contributed by atoms with Gasteiger partial charge in [0.25, 0.3) is 0 Å². The Kier molecular flexibility index (Phi) is 31.7. The van der Waals surface area contributed by atoms with Gasteiger partial charge in [-0.1, -0.05) is 132 Å². The fourth-order valence-corrected chi connectivity index (χ4v) is 9.08. The van der Waals surface area contributed by atoms with Gasteiger partial charge in [-0.25, -0.2) is 4.79 Å². The lowest BCUT2D eigenvalue weighted by atomic mass is 9.87. The van der Waals surface area contributed by atoms with Crippen molar-refractivity contribution in [1.29, 1.82) is 0 Å². The number of allylic oxidation sites excluding steroid dienone is 4. The van der Waals surface area contributed by atoms with E-state index in [-0.39, 0.29) is 72.0 Å². The highest BCUT2D eigenvalue weighted by atomic mass is 16.2. The van der Waals surface area contributed by atoms with Crippen molar-refractivity contribution in [3.05, 3.63) is 85.2 Å². The molecule has 6 unspecified atom stereocenters. The summed E-state index contributed by atoms with van der Waals surface area (Å²) in [5, 5.41) is 12.2. The fourth-order valence-electron chi connectivity index (χ4n) is 9.08. The second-order valence-electron chi connectivity index (χ2n) is 22.7. The summed E-state index contributed by atoms with van der Waals surface area (Å²) >= 11 is 0. The molecule has 0 aliphatic carbocycles. The summed E-state index contributed by atoms with van der Waals surface area (Å²) in [7, 11) is 12.4. The van der Waals surface area contributed by atoms with Gasteiger partial charge in [-0.15, -0.1) is 0 Å². The van der Waals surface area contributed by atoms with Gasteiger partial charge in [-0.05, 0) is 88.9 Å². The molecule has 0 saturated heterocycles. The van der Waals surface area contributed by atoms with Crippen LogP contribution in [0.25, 0.3) is 0 Å². The first-order valence-electron chi connectivity index (χ1n) is 27.5. The predicted molar refractivity (Wildman–Crippen MR) is 314 cm³/mol. The largest absolute Gasteiger partial charge is 0.379 e. The minimum absolute atomic E-state index is 0.0379. The first kappa shape index (κ1) is 69.5. The van der Waals surface area contributed by atoms with Gasteiger partial charge in [0.1, 0.15) is 12.1 Å². The highest BCUT2D eigenvalue weighted by Crippen LogP contribution is 2.28. The van der Waals surface area contributed by atoms with Gasteiger partial charge in [0.15, 0.2) is 0 Å². The van der Waals surface area contributed by atoms with Crippen LogP contribution in [0, 0.1) is 35.5 Å². The molecule has 6 amide bonds. The van der Waals surface area contributed by atoms with Crippen molar-refractivity contribution in [2.75, 3.05) is 69.0 Å². The lowest BCUT2D eigenvalue weighted by Crippen LogP contribution is -2.53. The van der Waals surface area contributed by atoms with E-state index in [1.807, 2.05) is 75.9 Å². The van der Waals surface area contributed by atoms with Crippen LogP contribution in [0.4, 0.5) is 4.79 Å². The molecule has 15 heteroatoms.